The number of anilines is 2. The van der Waals surface area contributed by atoms with Crippen molar-refractivity contribution in [3.8, 4) is 0 Å². The molecule has 4 aromatic rings. The van der Waals surface area contributed by atoms with Crippen LogP contribution < -0.4 is 15.4 Å². The van der Waals surface area contributed by atoms with Crippen molar-refractivity contribution in [2.24, 2.45) is 0 Å². The highest BCUT2D eigenvalue weighted by Crippen LogP contribution is 2.23. The first-order valence-electron chi connectivity index (χ1n) is 11.7. The predicted molar refractivity (Wildman–Crippen MR) is 145 cm³/mol. The predicted octanol–water partition coefficient (Wildman–Crippen LogP) is 5.54. The van der Waals surface area contributed by atoms with Crippen LogP contribution in [0.25, 0.3) is 0 Å². The summed E-state index contributed by atoms with van der Waals surface area (Å²) in [6.07, 6.45) is 0. The normalized spacial score (nSPS) is 11.8. The van der Waals surface area contributed by atoms with E-state index >= 15 is 0 Å². The highest BCUT2D eigenvalue weighted by atomic mass is 32.2. The number of nitrogens with one attached hydrogen (secondary N) is 3. The highest BCUT2D eigenvalue weighted by Gasteiger charge is 2.21. The van der Waals surface area contributed by atoms with Crippen LogP contribution in [0.4, 0.5) is 11.4 Å². The van der Waals surface area contributed by atoms with Gasteiger partial charge in [-0.05, 0) is 61.4 Å². The lowest BCUT2D eigenvalue weighted by atomic mass is 10.1. The van der Waals surface area contributed by atoms with Crippen LogP contribution in [0, 0.1) is 6.92 Å². The van der Waals surface area contributed by atoms with Gasteiger partial charge in [-0.3, -0.25) is 14.3 Å². The molecule has 0 spiro atoms. The van der Waals surface area contributed by atoms with Gasteiger partial charge in [-0.25, -0.2) is 8.42 Å². The molecule has 0 saturated carbocycles. The molecule has 7 nitrogen and oxygen atoms in total. The van der Waals surface area contributed by atoms with E-state index in [1.165, 1.54) is 6.07 Å². The van der Waals surface area contributed by atoms with Crippen molar-refractivity contribution < 1.29 is 18.0 Å². The third-order valence-corrected chi connectivity index (χ3v) is 7.36. The van der Waals surface area contributed by atoms with Crippen molar-refractivity contribution in [3.05, 3.63) is 125 Å². The highest BCUT2D eigenvalue weighted by molar-refractivity contribution is 7.92. The molecule has 0 aliphatic carbocycles. The Morgan fingerprint density at radius 2 is 1.38 bits per heavy atom. The molecule has 0 heterocycles. The second kappa shape index (κ2) is 11.1. The van der Waals surface area contributed by atoms with Crippen LogP contribution in [-0.2, 0) is 10.0 Å². The fourth-order valence-electron chi connectivity index (χ4n) is 3.83. The number of para-hydroxylation sites is 2. The summed E-state index contributed by atoms with van der Waals surface area (Å²) in [5.41, 5.74) is 2.62. The quantitative estimate of drug-likeness (QED) is 0.288. The molecule has 2 amide bonds. The average molecular weight is 514 g/mol. The van der Waals surface area contributed by atoms with Crippen molar-refractivity contribution in [2.75, 3.05) is 10.0 Å². The summed E-state index contributed by atoms with van der Waals surface area (Å²) in [5, 5.41) is 5.70. The molecule has 0 aliphatic heterocycles. The summed E-state index contributed by atoms with van der Waals surface area (Å²) in [6.45, 7) is 3.54. The largest absolute Gasteiger partial charge is 0.345 e. The fourth-order valence-corrected chi connectivity index (χ4v) is 5.16. The number of carbonyl (C=O) groups is 2. The van der Waals surface area contributed by atoms with Gasteiger partial charge < -0.3 is 10.6 Å². The molecule has 188 valence electrons. The van der Waals surface area contributed by atoms with Gasteiger partial charge in [0.15, 0.2) is 0 Å². The van der Waals surface area contributed by atoms with Crippen LogP contribution in [0.3, 0.4) is 0 Å². The van der Waals surface area contributed by atoms with Crippen LogP contribution in [-0.4, -0.2) is 20.2 Å². The Balaban J connectivity index is 1.54. The van der Waals surface area contributed by atoms with E-state index in [1.54, 1.807) is 73.7 Å². The van der Waals surface area contributed by atoms with Crippen molar-refractivity contribution in [2.45, 2.75) is 24.8 Å². The fraction of sp³-hybridized carbons (Fsp3) is 0.103. The maximum absolute atomic E-state index is 13.1. The van der Waals surface area contributed by atoms with E-state index < -0.39 is 15.9 Å². The lowest BCUT2D eigenvalue weighted by Crippen LogP contribution is -2.28. The second-order valence-electron chi connectivity index (χ2n) is 8.56. The van der Waals surface area contributed by atoms with E-state index in [4.69, 9.17) is 0 Å². The van der Waals surface area contributed by atoms with Gasteiger partial charge in [0.2, 0.25) is 0 Å². The van der Waals surface area contributed by atoms with Crippen LogP contribution in [0.15, 0.2) is 108 Å². The minimum atomic E-state index is -3.93. The number of sulfonamides is 1. The molecule has 4 rings (SSSR count). The van der Waals surface area contributed by atoms with Gasteiger partial charge in [-0.1, -0.05) is 66.7 Å². The molecule has 4 aromatic carbocycles. The standard InChI is InChI=1S/C29H27N3O4S/c1-20-17-18-23(19-27(20)37(35,36)32-24-13-7-4-8-14-24)28(33)31-26-16-10-9-15-25(26)29(34)30-21(2)22-11-5-3-6-12-22/h3-19,21,32H,1-2H3,(H,30,34)(H,31,33)/t21-/m1/s1. The van der Waals surface area contributed by atoms with E-state index in [-0.39, 0.29) is 22.4 Å². The molecule has 0 aromatic heterocycles. The van der Waals surface area contributed by atoms with Gasteiger partial charge in [0.05, 0.1) is 22.2 Å². The zero-order valence-electron chi connectivity index (χ0n) is 20.4. The van der Waals surface area contributed by atoms with Crippen molar-refractivity contribution >= 4 is 33.2 Å². The Morgan fingerprint density at radius 1 is 0.757 bits per heavy atom. The molecule has 8 heteroatoms. The van der Waals surface area contributed by atoms with E-state index in [9.17, 15) is 18.0 Å². The molecule has 0 unspecified atom stereocenters. The first-order chi connectivity index (χ1) is 17.7. The Bertz CT molecular complexity index is 1520. The van der Waals surface area contributed by atoms with E-state index in [0.29, 0.717) is 22.5 Å². The molecule has 37 heavy (non-hydrogen) atoms. The van der Waals surface area contributed by atoms with Crippen LogP contribution in [0.1, 0.15) is 44.8 Å². The summed E-state index contributed by atoms with van der Waals surface area (Å²) >= 11 is 0. The smallest absolute Gasteiger partial charge is 0.262 e. The molecular formula is C29H27N3O4S. The number of benzene rings is 4. The topological polar surface area (TPSA) is 104 Å². The maximum Gasteiger partial charge on any atom is 0.262 e. The molecule has 0 saturated heterocycles. The van der Waals surface area contributed by atoms with Crippen LogP contribution in [0.5, 0.6) is 0 Å². The Labute approximate surface area is 216 Å². The molecule has 0 fully saturated rings. The van der Waals surface area contributed by atoms with Crippen LogP contribution in [0.2, 0.25) is 0 Å². The summed E-state index contributed by atoms with van der Waals surface area (Å²) in [5.74, 6) is -0.876. The van der Waals surface area contributed by atoms with Gasteiger partial charge in [0.1, 0.15) is 0 Å². The minimum absolute atomic E-state index is 0.00767. The Morgan fingerprint density at radius 3 is 2.08 bits per heavy atom. The molecule has 0 radical (unpaired) electrons. The molecule has 1 atom stereocenters. The van der Waals surface area contributed by atoms with E-state index in [1.807, 2.05) is 37.3 Å². The first kappa shape index (κ1) is 25.7. The second-order valence-corrected chi connectivity index (χ2v) is 10.2. The van der Waals surface area contributed by atoms with Gasteiger partial charge >= 0.3 is 0 Å². The third-order valence-electron chi connectivity index (χ3n) is 5.83. The molecule has 0 aliphatic rings. The monoisotopic (exact) mass is 513 g/mol. The van der Waals surface area contributed by atoms with Crippen molar-refractivity contribution in [3.63, 3.8) is 0 Å². The number of amides is 2. The van der Waals surface area contributed by atoms with Crippen molar-refractivity contribution in [1.29, 1.82) is 0 Å². The number of hydrogen-bond acceptors (Lipinski definition) is 4. The van der Waals surface area contributed by atoms with Gasteiger partial charge in [-0.15, -0.1) is 0 Å². The minimum Gasteiger partial charge on any atom is -0.345 e. The molecule has 3 N–H and O–H groups in total. The molecular weight excluding hydrogens is 486 g/mol. The van der Waals surface area contributed by atoms with Crippen molar-refractivity contribution in [1.82, 2.24) is 5.32 Å². The first-order valence-corrected chi connectivity index (χ1v) is 13.2. The number of rotatable bonds is 8. The Hall–Kier alpha value is -4.43. The zero-order chi connectivity index (χ0) is 26.4. The third kappa shape index (κ3) is 6.23. The van der Waals surface area contributed by atoms with Gasteiger partial charge in [0.25, 0.3) is 21.8 Å². The summed E-state index contributed by atoms with van der Waals surface area (Å²) < 4.78 is 28.6. The van der Waals surface area contributed by atoms with E-state index in [2.05, 4.69) is 15.4 Å². The van der Waals surface area contributed by atoms with Gasteiger partial charge in [-0.2, -0.15) is 0 Å². The summed E-state index contributed by atoms with van der Waals surface area (Å²) in [6, 6.07) is 29.0. The van der Waals surface area contributed by atoms with Gasteiger partial charge in [0, 0.05) is 11.3 Å². The zero-order valence-corrected chi connectivity index (χ0v) is 21.3. The molecule has 0 bridgehead atoms. The lowest BCUT2D eigenvalue weighted by Gasteiger charge is -2.17. The van der Waals surface area contributed by atoms with E-state index in [0.717, 1.165) is 5.56 Å². The lowest BCUT2D eigenvalue weighted by molar-refractivity contribution is 0.0940. The number of hydrogen-bond donors (Lipinski definition) is 3. The average Bonchev–Trinajstić information content (AvgIpc) is 2.90. The maximum atomic E-state index is 13.1. The number of aryl methyl sites for hydroxylation is 1. The SMILES string of the molecule is Cc1ccc(C(=O)Nc2ccccc2C(=O)N[C@H](C)c2ccccc2)cc1S(=O)(=O)Nc1ccccc1. The van der Waals surface area contributed by atoms with Crippen LogP contribution >= 0.6 is 0 Å². The Kier molecular flexibility index (Phi) is 7.69. The summed E-state index contributed by atoms with van der Waals surface area (Å²) in [4.78, 5) is 26.1. The number of carbonyl (C=O) groups excluding carboxylic acids is 2. The summed E-state index contributed by atoms with van der Waals surface area (Å²) in [7, 11) is -3.93.